The van der Waals surface area contributed by atoms with Crippen molar-refractivity contribution in [2.24, 2.45) is 5.73 Å². The molecule has 0 aliphatic heterocycles. The molecule has 0 fully saturated rings. The topological polar surface area (TPSA) is 102 Å². The molecule has 0 saturated carbocycles. The van der Waals surface area contributed by atoms with Gasteiger partial charge in [0, 0.05) is 18.6 Å². The van der Waals surface area contributed by atoms with Crippen LogP contribution in [0.15, 0.2) is 30.3 Å². The standard InChI is InChI=1S/C16H17NO5/c1-21-14-8-15(22-2)12(16(17)20)6-10(14)5-9-3-4-11(18)7-13(9)19/h3-4,6-8,18-19H,5H2,1-2H3,(H2,17,20). The van der Waals surface area contributed by atoms with Crippen molar-refractivity contribution >= 4 is 5.91 Å². The van der Waals surface area contributed by atoms with Gasteiger partial charge in [-0.3, -0.25) is 4.79 Å². The third-order valence-corrected chi connectivity index (χ3v) is 3.32. The second-order valence-electron chi connectivity index (χ2n) is 4.72. The van der Waals surface area contributed by atoms with E-state index < -0.39 is 5.91 Å². The third-order valence-electron chi connectivity index (χ3n) is 3.32. The van der Waals surface area contributed by atoms with E-state index >= 15 is 0 Å². The average molecular weight is 303 g/mol. The van der Waals surface area contributed by atoms with Crippen molar-refractivity contribution in [2.75, 3.05) is 14.2 Å². The van der Waals surface area contributed by atoms with E-state index in [2.05, 4.69) is 0 Å². The van der Waals surface area contributed by atoms with Crippen molar-refractivity contribution in [2.45, 2.75) is 6.42 Å². The maximum absolute atomic E-state index is 11.5. The lowest BCUT2D eigenvalue weighted by Gasteiger charge is -2.14. The summed E-state index contributed by atoms with van der Waals surface area (Å²) in [4.78, 5) is 11.5. The summed E-state index contributed by atoms with van der Waals surface area (Å²) in [5.74, 6) is 0.146. The Bertz CT molecular complexity index is 712. The van der Waals surface area contributed by atoms with Crippen LogP contribution in [-0.4, -0.2) is 30.3 Å². The normalized spacial score (nSPS) is 10.3. The average Bonchev–Trinajstić information content (AvgIpc) is 2.49. The molecule has 6 nitrogen and oxygen atoms in total. The SMILES string of the molecule is COc1cc(OC)c(C(N)=O)cc1Cc1ccc(O)cc1O. The molecule has 0 aliphatic rings. The van der Waals surface area contributed by atoms with Crippen LogP contribution in [0.3, 0.4) is 0 Å². The quantitative estimate of drug-likeness (QED) is 0.781. The van der Waals surface area contributed by atoms with Crippen molar-refractivity contribution in [1.82, 2.24) is 0 Å². The zero-order valence-electron chi connectivity index (χ0n) is 12.3. The Balaban J connectivity index is 2.49. The zero-order valence-corrected chi connectivity index (χ0v) is 12.3. The minimum Gasteiger partial charge on any atom is -0.508 e. The molecule has 2 rings (SSSR count). The number of ether oxygens (including phenoxy) is 2. The van der Waals surface area contributed by atoms with Crippen molar-refractivity contribution < 1.29 is 24.5 Å². The van der Waals surface area contributed by atoms with E-state index in [0.717, 1.165) is 0 Å². The Kier molecular flexibility index (Phi) is 4.41. The van der Waals surface area contributed by atoms with E-state index in [9.17, 15) is 15.0 Å². The molecule has 4 N–H and O–H groups in total. The number of methoxy groups -OCH3 is 2. The van der Waals surface area contributed by atoms with Crippen LogP contribution in [0.4, 0.5) is 0 Å². The van der Waals surface area contributed by atoms with Gasteiger partial charge in [-0.1, -0.05) is 6.07 Å². The minimum absolute atomic E-state index is 0.0271. The van der Waals surface area contributed by atoms with Crippen LogP contribution in [0, 0.1) is 0 Å². The first-order valence-electron chi connectivity index (χ1n) is 6.51. The van der Waals surface area contributed by atoms with Gasteiger partial charge < -0.3 is 25.4 Å². The number of phenols is 2. The molecule has 22 heavy (non-hydrogen) atoms. The lowest BCUT2D eigenvalue weighted by atomic mass is 10.00. The summed E-state index contributed by atoms with van der Waals surface area (Å²) in [5, 5.41) is 19.2. The predicted molar refractivity (Wildman–Crippen MR) is 80.6 cm³/mol. The number of phenolic OH excluding ortho intramolecular Hbond substituents is 2. The van der Waals surface area contributed by atoms with Gasteiger partial charge in [0.05, 0.1) is 19.8 Å². The fraction of sp³-hybridized carbons (Fsp3) is 0.188. The molecule has 0 unspecified atom stereocenters. The molecule has 0 radical (unpaired) electrons. The maximum atomic E-state index is 11.5. The van der Waals surface area contributed by atoms with E-state index in [0.29, 0.717) is 29.0 Å². The Morgan fingerprint density at radius 2 is 1.73 bits per heavy atom. The molecule has 2 aromatic rings. The fourth-order valence-electron chi connectivity index (χ4n) is 2.20. The molecule has 0 aliphatic carbocycles. The second-order valence-corrected chi connectivity index (χ2v) is 4.72. The Hall–Kier alpha value is -2.89. The summed E-state index contributed by atoms with van der Waals surface area (Å²) in [6.07, 6.45) is 0.305. The third kappa shape index (κ3) is 3.06. The van der Waals surface area contributed by atoms with Gasteiger partial charge in [0.15, 0.2) is 0 Å². The molecule has 0 spiro atoms. The minimum atomic E-state index is -0.615. The van der Waals surface area contributed by atoms with Gasteiger partial charge in [-0.25, -0.2) is 0 Å². The monoisotopic (exact) mass is 303 g/mol. The smallest absolute Gasteiger partial charge is 0.252 e. The lowest BCUT2D eigenvalue weighted by molar-refractivity contribution is 0.0997. The van der Waals surface area contributed by atoms with Crippen molar-refractivity contribution in [1.29, 1.82) is 0 Å². The highest BCUT2D eigenvalue weighted by atomic mass is 16.5. The molecule has 6 heteroatoms. The molecule has 0 saturated heterocycles. The number of carbonyl (C=O) groups is 1. The molecule has 2 aromatic carbocycles. The lowest BCUT2D eigenvalue weighted by Crippen LogP contribution is -2.13. The molecule has 0 aromatic heterocycles. The number of primary amides is 1. The summed E-state index contributed by atoms with van der Waals surface area (Å²) >= 11 is 0. The van der Waals surface area contributed by atoms with Gasteiger partial charge in [0.25, 0.3) is 5.91 Å². The number of nitrogens with two attached hydrogens (primary N) is 1. The van der Waals surface area contributed by atoms with E-state index in [-0.39, 0.29) is 17.1 Å². The van der Waals surface area contributed by atoms with Crippen LogP contribution in [-0.2, 0) is 6.42 Å². The van der Waals surface area contributed by atoms with Crippen molar-refractivity contribution in [3.05, 3.63) is 47.0 Å². The van der Waals surface area contributed by atoms with Crippen molar-refractivity contribution in [3.63, 3.8) is 0 Å². The molecular weight excluding hydrogens is 286 g/mol. The van der Waals surface area contributed by atoms with Gasteiger partial charge in [-0.15, -0.1) is 0 Å². The van der Waals surface area contributed by atoms with Gasteiger partial charge in [0.1, 0.15) is 23.0 Å². The van der Waals surface area contributed by atoms with Crippen LogP contribution < -0.4 is 15.2 Å². The number of benzene rings is 2. The maximum Gasteiger partial charge on any atom is 0.252 e. The summed E-state index contributed by atoms with van der Waals surface area (Å²) in [7, 11) is 2.94. The molecule has 116 valence electrons. The van der Waals surface area contributed by atoms with Gasteiger partial charge >= 0.3 is 0 Å². The molecule has 0 bridgehead atoms. The molecule has 0 heterocycles. The number of aromatic hydroxyl groups is 2. The highest BCUT2D eigenvalue weighted by Crippen LogP contribution is 2.33. The van der Waals surface area contributed by atoms with Crippen LogP contribution >= 0.6 is 0 Å². The largest absolute Gasteiger partial charge is 0.508 e. The second kappa shape index (κ2) is 6.26. The number of carbonyl (C=O) groups excluding carboxylic acids is 1. The van der Waals surface area contributed by atoms with Crippen molar-refractivity contribution in [3.8, 4) is 23.0 Å². The van der Waals surface area contributed by atoms with Crippen LogP contribution in [0.2, 0.25) is 0 Å². The molecule has 0 atom stereocenters. The Labute approximate surface area is 127 Å². The number of hydrogen-bond acceptors (Lipinski definition) is 5. The first-order valence-corrected chi connectivity index (χ1v) is 6.51. The number of hydrogen-bond donors (Lipinski definition) is 3. The van der Waals surface area contributed by atoms with Gasteiger partial charge in [0.2, 0.25) is 0 Å². The van der Waals surface area contributed by atoms with Crippen LogP contribution in [0.1, 0.15) is 21.5 Å². The summed E-state index contributed by atoms with van der Waals surface area (Å²) in [6, 6.07) is 7.47. The summed E-state index contributed by atoms with van der Waals surface area (Å²) < 4.78 is 10.4. The fourth-order valence-corrected chi connectivity index (χ4v) is 2.20. The summed E-state index contributed by atoms with van der Waals surface area (Å²) in [6.45, 7) is 0. The predicted octanol–water partition coefficient (Wildman–Crippen LogP) is 1.80. The van der Waals surface area contributed by atoms with E-state index in [4.69, 9.17) is 15.2 Å². The molecular formula is C16H17NO5. The number of rotatable bonds is 5. The van der Waals surface area contributed by atoms with E-state index in [1.54, 1.807) is 18.2 Å². The van der Waals surface area contributed by atoms with Gasteiger partial charge in [-0.05, 0) is 23.3 Å². The van der Waals surface area contributed by atoms with E-state index in [1.807, 2.05) is 0 Å². The van der Waals surface area contributed by atoms with Crippen LogP contribution in [0.25, 0.3) is 0 Å². The Morgan fingerprint density at radius 1 is 1.05 bits per heavy atom. The van der Waals surface area contributed by atoms with Crippen LogP contribution in [0.5, 0.6) is 23.0 Å². The van der Waals surface area contributed by atoms with Gasteiger partial charge in [-0.2, -0.15) is 0 Å². The summed E-state index contributed by atoms with van der Waals surface area (Å²) in [5.41, 5.74) is 6.83. The highest BCUT2D eigenvalue weighted by Gasteiger charge is 2.16. The van der Waals surface area contributed by atoms with E-state index in [1.165, 1.54) is 26.4 Å². The first kappa shape index (κ1) is 15.5. The first-order chi connectivity index (χ1) is 10.5. The Morgan fingerprint density at radius 3 is 2.27 bits per heavy atom. The number of amides is 1. The molecule has 1 amide bonds. The highest BCUT2D eigenvalue weighted by molar-refractivity contribution is 5.96. The zero-order chi connectivity index (χ0) is 16.3.